The zero-order valence-electron chi connectivity index (χ0n) is 23.7. The Labute approximate surface area is 253 Å². The minimum absolute atomic E-state index is 0.00630. The zero-order chi connectivity index (χ0) is 31.4. The van der Waals surface area contributed by atoms with Gasteiger partial charge >= 0.3 is 5.97 Å². The maximum absolute atomic E-state index is 13.2. The van der Waals surface area contributed by atoms with Crippen molar-refractivity contribution in [2.75, 3.05) is 11.9 Å². The number of carboxylic acid groups (broad SMARTS) is 1. The normalized spacial score (nSPS) is 21.1. The molecule has 0 saturated carbocycles. The van der Waals surface area contributed by atoms with Gasteiger partial charge in [-0.05, 0) is 36.1 Å². The van der Waals surface area contributed by atoms with Crippen LogP contribution in [0.3, 0.4) is 0 Å². The number of carboxylic acids is 1. The number of rotatable bonds is 6. The van der Waals surface area contributed by atoms with E-state index in [9.17, 15) is 33.9 Å². The van der Waals surface area contributed by atoms with E-state index >= 15 is 0 Å². The second kappa shape index (κ2) is 16.0. The first-order valence-electron chi connectivity index (χ1n) is 13.6. The summed E-state index contributed by atoms with van der Waals surface area (Å²) in [5.41, 5.74) is 1.53. The third-order valence-electron chi connectivity index (χ3n) is 6.45. The molecule has 43 heavy (non-hydrogen) atoms. The zero-order valence-corrected chi connectivity index (χ0v) is 24.5. The Balaban J connectivity index is 1.87. The SMILES string of the molecule is C=C(/C=C\C)C[C@H]1NC(=O)CNC(=O)[C@@H](Cc2cccs2)NC(=O)CCC(=O)Nc2ccc(cc2)C[C@@H](C(=O)O)NC1=O. The highest BCUT2D eigenvalue weighted by Crippen LogP contribution is 2.14. The number of allylic oxidation sites excluding steroid dienone is 2. The van der Waals surface area contributed by atoms with E-state index < -0.39 is 60.2 Å². The van der Waals surface area contributed by atoms with Gasteiger partial charge in [0.05, 0.1) is 6.54 Å². The van der Waals surface area contributed by atoms with Crippen LogP contribution in [0, 0.1) is 0 Å². The van der Waals surface area contributed by atoms with Crippen molar-refractivity contribution >= 4 is 52.5 Å². The highest BCUT2D eigenvalue weighted by Gasteiger charge is 2.28. The van der Waals surface area contributed by atoms with Crippen molar-refractivity contribution in [1.29, 1.82) is 0 Å². The number of amides is 5. The van der Waals surface area contributed by atoms with Crippen LogP contribution in [0.1, 0.15) is 36.6 Å². The van der Waals surface area contributed by atoms with Crippen LogP contribution >= 0.6 is 11.3 Å². The van der Waals surface area contributed by atoms with Crippen LogP contribution in [-0.2, 0) is 41.6 Å². The average molecular weight is 610 g/mol. The van der Waals surface area contributed by atoms with Crippen molar-refractivity contribution in [3.05, 3.63) is 76.5 Å². The van der Waals surface area contributed by atoms with E-state index in [0.717, 1.165) is 4.88 Å². The first-order valence-corrected chi connectivity index (χ1v) is 14.5. The second-order valence-electron chi connectivity index (χ2n) is 9.95. The van der Waals surface area contributed by atoms with E-state index in [1.807, 2.05) is 5.38 Å². The Morgan fingerprint density at radius 1 is 0.953 bits per heavy atom. The molecule has 4 rings (SSSR count). The molecule has 0 radical (unpaired) electrons. The standard InChI is InChI=1S/C30H35N5O7S/c1-3-5-18(2)14-22-29(40)35-24(30(41)42)15-19-7-9-20(10-8-19)32-25(36)11-12-26(37)33-23(16-21-6-4-13-43-21)28(39)31-17-27(38)34-22/h3-10,13,22-24H,2,11-12,14-17H2,1H3,(H,31,39)(H,32,36)(H,33,37)(H,34,38)(H,35,40)(H,41,42)/b5-3-/t22-,23-,24+/m1/s1. The van der Waals surface area contributed by atoms with E-state index in [4.69, 9.17) is 0 Å². The molecule has 0 spiro atoms. The Bertz CT molecular complexity index is 1370. The minimum atomic E-state index is -1.31. The maximum atomic E-state index is 13.2. The van der Waals surface area contributed by atoms with Crippen molar-refractivity contribution in [3.63, 3.8) is 0 Å². The molecule has 3 heterocycles. The third kappa shape index (κ3) is 10.9. The van der Waals surface area contributed by atoms with E-state index in [0.29, 0.717) is 16.8 Å². The first-order chi connectivity index (χ1) is 20.5. The summed E-state index contributed by atoms with van der Waals surface area (Å²) in [4.78, 5) is 77.1. The second-order valence-corrected chi connectivity index (χ2v) is 11.0. The van der Waals surface area contributed by atoms with Crippen molar-refractivity contribution < 1.29 is 33.9 Å². The monoisotopic (exact) mass is 609 g/mol. The molecule has 1 aromatic carbocycles. The fraction of sp³-hybridized carbons (Fsp3) is 0.333. The van der Waals surface area contributed by atoms with Crippen LogP contribution in [0.5, 0.6) is 0 Å². The van der Waals surface area contributed by atoms with Crippen LogP contribution in [0.2, 0.25) is 0 Å². The summed E-state index contributed by atoms with van der Waals surface area (Å²) < 4.78 is 0. The number of aliphatic carboxylic acids is 1. The molecule has 228 valence electrons. The van der Waals surface area contributed by atoms with Gasteiger partial charge in [-0.3, -0.25) is 24.0 Å². The molecular weight excluding hydrogens is 574 g/mol. The van der Waals surface area contributed by atoms with Gasteiger partial charge in [0.25, 0.3) is 0 Å². The largest absolute Gasteiger partial charge is 0.480 e. The smallest absolute Gasteiger partial charge is 0.326 e. The lowest BCUT2D eigenvalue weighted by Crippen LogP contribution is -2.54. The average Bonchev–Trinajstić information content (AvgIpc) is 3.47. The molecular formula is C30H35N5O7S. The Morgan fingerprint density at radius 2 is 1.65 bits per heavy atom. The quantitative estimate of drug-likeness (QED) is 0.212. The summed E-state index contributed by atoms with van der Waals surface area (Å²) in [5, 5.41) is 24.5. The number of anilines is 1. The summed E-state index contributed by atoms with van der Waals surface area (Å²) in [6, 6.07) is 6.51. The van der Waals surface area contributed by atoms with Crippen LogP contribution in [0.15, 0.2) is 66.1 Å². The highest BCUT2D eigenvalue weighted by atomic mass is 32.1. The van der Waals surface area contributed by atoms with Gasteiger partial charge in [0.1, 0.15) is 18.1 Å². The number of nitrogens with one attached hydrogen (secondary N) is 5. The van der Waals surface area contributed by atoms with Gasteiger partial charge in [-0.1, -0.05) is 42.5 Å². The lowest BCUT2D eigenvalue weighted by atomic mass is 10.0. The molecule has 3 atom stereocenters. The number of carbonyl (C=O) groups is 6. The van der Waals surface area contributed by atoms with Crippen molar-refractivity contribution in [2.24, 2.45) is 0 Å². The van der Waals surface area contributed by atoms with Gasteiger partial charge in [0, 0.05) is 42.7 Å². The number of thiophene rings is 1. The molecule has 0 saturated heterocycles. The molecule has 0 unspecified atom stereocenters. The minimum Gasteiger partial charge on any atom is -0.480 e. The molecule has 0 aliphatic carbocycles. The molecule has 12 nitrogen and oxygen atoms in total. The van der Waals surface area contributed by atoms with Crippen LogP contribution in [-0.4, -0.2) is 65.3 Å². The van der Waals surface area contributed by atoms with E-state index in [2.05, 4.69) is 33.2 Å². The van der Waals surface area contributed by atoms with Crippen LogP contribution < -0.4 is 26.6 Å². The predicted octanol–water partition coefficient (Wildman–Crippen LogP) is 1.44. The molecule has 0 fully saturated rings. The molecule has 13 heteroatoms. The fourth-order valence-corrected chi connectivity index (χ4v) is 5.05. The van der Waals surface area contributed by atoms with Crippen molar-refractivity contribution in [2.45, 2.75) is 57.2 Å². The summed E-state index contributed by atoms with van der Waals surface area (Å²) in [6.07, 6.45) is 3.15. The molecule has 2 aliphatic rings. The van der Waals surface area contributed by atoms with E-state index in [-0.39, 0.29) is 32.1 Å². The van der Waals surface area contributed by atoms with Crippen molar-refractivity contribution in [3.8, 4) is 0 Å². The summed E-state index contributed by atoms with van der Waals surface area (Å²) in [5.74, 6) is -4.29. The number of fused-ring (bicyclic) bond motifs is 18. The number of hydrogen-bond acceptors (Lipinski definition) is 7. The van der Waals surface area contributed by atoms with E-state index in [1.54, 1.807) is 55.5 Å². The molecule has 2 bridgehead atoms. The number of benzene rings is 1. The molecule has 6 N–H and O–H groups in total. The molecule has 2 aromatic rings. The fourth-order valence-electron chi connectivity index (χ4n) is 4.30. The Morgan fingerprint density at radius 3 is 2.30 bits per heavy atom. The van der Waals surface area contributed by atoms with E-state index in [1.165, 1.54) is 11.3 Å². The maximum Gasteiger partial charge on any atom is 0.326 e. The van der Waals surface area contributed by atoms with Gasteiger partial charge in [-0.15, -0.1) is 11.3 Å². The number of carbonyl (C=O) groups excluding carboxylic acids is 5. The highest BCUT2D eigenvalue weighted by molar-refractivity contribution is 7.09. The Kier molecular flexibility index (Phi) is 12.2. The number of hydrogen-bond donors (Lipinski definition) is 6. The van der Waals surface area contributed by atoms with Gasteiger partial charge in [0.15, 0.2) is 0 Å². The first kappa shape index (κ1) is 32.7. The van der Waals surface area contributed by atoms with Gasteiger partial charge in [0.2, 0.25) is 29.5 Å². The summed E-state index contributed by atoms with van der Waals surface area (Å²) >= 11 is 1.40. The van der Waals surface area contributed by atoms with Crippen LogP contribution in [0.25, 0.3) is 0 Å². The predicted molar refractivity (Wildman–Crippen MR) is 161 cm³/mol. The topological polar surface area (TPSA) is 183 Å². The van der Waals surface area contributed by atoms with Crippen molar-refractivity contribution in [1.82, 2.24) is 21.3 Å². The lowest BCUT2D eigenvalue weighted by molar-refractivity contribution is -0.142. The van der Waals surface area contributed by atoms with Gasteiger partial charge in [-0.25, -0.2) is 4.79 Å². The Hall–Kier alpha value is -4.78. The summed E-state index contributed by atoms with van der Waals surface area (Å²) in [6.45, 7) is 5.13. The van der Waals surface area contributed by atoms with Crippen LogP contribution in [0.4, 0.5) is 5.69 Å². The molecule has 5 amide bonds. The van der Waals surface area contributed by atoms with Gasteiger partial charge in [-0.2, -0.15) is 0 Å². The molecule has 1 aromatic heterocycles. The molecule has 2 aliphatic heterocycles. The third-order valence-corrected chi connectivity index (χ3v) is 7.35. The van der Waals surface area contributed by atoms with Gasteiger partial charge < -0.3 is 31.7 Å². The lowest BCUT2D eigenvalue weighted by Gasteiger charge is -2.22. The summed E-state index contributed by atoms with van der Waals surface area (Å²) in [7, 11) is 0.